The summed E-state index contributed by atoms with van der Waals surface area (Å²) in [4.78, 5) is 14.9. The third-order valence-electron chi connectivity index (χ3n) is 2.47. The first-order valence-corrected chi connectivity index (χ1v) is 4.91. The maximum absolute atomic E-state index is 10.8. The number of carbonyl (C=O) groups is 1. The minimum absolute atomic E-state index is 0.0649. The summed E-state index contributed by atoms with van der Waals surface area (Å²) in [6, 6.07) is 1.57. The van der Waals surface area contributed by atoms with Crippen LogP contribution in [-0.4, -0.2) is 27.8 Å². The summed E-state index contributed by atoms with van der Waals surface area (Å²) in [6.07, 6.45) is 7.51. The van der Waals surface area contributed by atoms with Gasteiger partial charge in [0.1, 0.15) is 0 Å². The van der Waals surface area contributed by atoms with Gasteiger partial charge in [0.15, 0.2) is 0 Å². The molecule has 4 nitrogen and oxygen atoms in total. The highest BCUT2D eigenvalue weighted by atomic mass is 16.4. The summed E-state index contributed by atoms with van der Waals surface area (Å²) < 4.78 is 0. The average molecular weight is 217 g/mol. The molecule has 0 amide bonds. The molecule has 0 radical (unpaired) electrons. The van der Waals surface area contributed by atoms with Crippen LogP contribution in [0.2, 0.25) is 0 Å². The van der Waals surface area contributed by atoms with Crippen LogP contribution in [0, 0.1) is 0 Å². The highest BCUT2D eigenvalue weighted by Gasteiger charge is 2.05. The molecule has 1 aromatic heterocycles. The second-order valence-corrected chi connectivity index (χ2v) is 3.53. The normalized spacial score (nSPS) is 13.9. The van der Waals surface area contributed by atoms with Crippen LogP contribution in [0.15, 0.2) is 24.4 Å². The molecule has 1 aliphatic rings. The summed E-state index contributed by atoms with van der Waals surface area (Å²) in [6.45, 7) is -0.0649. The van der Waals surface area contributed by atoms with Gasteiger partial charge >= 0.3 is 5.97 Å². The van der Waals surface area contributed by atoms with E-state index in [2.05, 4.69) is 4.98 Å². The predicted octanol–water partition coefficient (Wildman–Crippen LogP) is -0.337. The molecule has 0 aromatic carbocycles. The molecule has 0 aliphatic heterocycles. The minimum Gasteiger partial charge on any atom is -0.478 e. The number of hydrogen-bond acceptors (Lipinski definition) is 3. The van der Waals surface area contributed by atoms with Gasteiger partial charge in [0.2, 0.25) is 0 Å². The zero-order valence-corrected chi connectivity index (χ0v) is 8.55. The number of aliphatic hydroxyl groups is 1. The van der Waals surface area contributed by atoms with Gasteiger partial charge in [-0.25, -0.2) is 4.79 Å². The molecule has 1 heterocycles. The van der Waals surface area contributed by atoms with E-state index in [0.29, 0.717) is 11.8 Å². The van der Waals surface area contributed by atoms with Crippen LogP contribution in [0.5, 0.6) is 0 Å². The lowest BCUT2D eigenvalue weighted by molar-refractivity contribution is 0.0696. The lowest BCUT2D eigenvalue weighted by atomic mass is 10.1. The number of aliphatic hydroxyl groups excluding tert-OH is 1. The van der Waals surface area contributed by atoms with Gasteiger partial charge in [0, 0.05) is 11.4 Å². The lowest BCUT2D eigenvalue weighted by Gasteiger charge is -1.99. The van der Waals surface area contributed by atoms with E-state index < -0.39 is 5.97 Å². The van der Waals surface area contributed by atoms with Crippen LogP contribution >= 0.6 is 0 Å². The fraction of sp³-hybridized carbons (Fsp3) is 0.167. The van der Waals surface area contributed by atoms with Crippen molar-refractivity contribution in [2.24, 2.45) is 0 Å². The maximum Gasteiger partial charge on any atom is 0.337 e. The second kappa shape index (κ2) is 4.28. The average Bonchev–Trinajstić information content (AvgIpc) is 2.49. The minimum atomic E-state index is -0.998. The Labute approximate surface area is 91.9 Å². The standard InChI is InChI=1S/C12H11NO3/c14-7-9-4-2-1-3-8-5-10(12(15)16)6-13-11(8)9/h1-3,5-6,14H,4,7H2,(H,15,16). The smallest absolute Gasteiger partial charge is 0.337 e. The van der Waals surface area contributed by atoms with Gasteiger partial charge in [-0.2, -0.15) is 0 Å². The van der Waals surface area contributed by atoms with Gasteiger partial charge in [-0.05, 0) is 18.1 Å². The zero-order chi connectivity index (χ0) is 11.5. The first kappa shape index (κ1) is 10.6. The van der Waals surface area contributed by atoms with Crippen molar-refractivity contribution in [2.75, 3.05) is 6.61 Å². The monoisotopic (exact) mass is 217 g/mol. The number of fused-ring (bicyclic) bond motifs is 1. The number of rotatable bonds is 2. The van der Waals surface area contributed by atoms with Crippen molar-refractivity contribution in [2.45, 2.75) is 6.42 Å². The van der Waals surface area contributed by atoms with E-state index in [9.17, 15) is 9.90 Å². The third kappa shape index (κ3) is 1.87. The molecule has 1 aromatic rings. The molecule has 0 saturated carbocycles. The highest BCUT2D eigenvalue weighted by molar-refractivity contribution is 5.87. The van der Waals surface area contributed by atoms with Gasteiger partial charge in [0.25, 0.3) is 0 Å². The Kier molecular flexibility index (Phi) is 2.83. The third-order valence-corrected chi connectivity index (χ3v) is 2.47. The Morgan fingerprint density at radius 1 is 1.50 bits per heavy atom. The van der Waals surface area contributed by atoms with Gasteiger partial charge in [-0.15, -0.1) is 0 Å². The number of nitrogens with zero attached hydrogens (tertiary/aromatic N) is 1. The molecule has 2 N–H and O–H groups in total. The van der Waals surface area contributed by atoms with Gasteiger partial charge in [-0.3, -0.25) is 4.98 Å². The van der Waals surface area contributed by atoms with Gasteiger partial charge in [0.05, 0.1) is 17.5 Å². The Balaban J connectivity index is 2.75. The topological polar surface area (TPSA) is 70.4 Å². The molecule has 0 saturated heterocycles. The second-order valence-electron chi connectivity index (χ2n) is 3.53. The number of aromatic nitrogens is 1. The van der Waals surface area contributed by atoms with Crippen LogP contribution in [0.4, 0.5) is 0 Å². The van der Waals surface area contributed by atoms with E-state index in [1.807, 2.05) is 12.2 Å². The molecule has 0 atom stereocenters. The molecule has 0 fully saturated rings. The highest BCUT2D eigenvalue weighted by Crippen LogP contribution is 2.01. The number of carboxylic acid groups (broad SMARTS) is 1. The zero-order valence-electron chi connectivity index (χ0n) is 8.55. The van der Waals surface area contributed by atoms with Gasteiger partial charge in [-0.1, -0.05) is 18.2 Å². The van der Waals surface area contributed by atoms with Crippen molar-refractivity contribution in [1.29, 1.82) is 0 Å². The van der Waals surface area contributed by atoms with E-state index >= 15 is 0 Å². The van der Waals surface area contributed by atoms with Crippen molar-refractivity contribution < 1.29 is 15.0 Å². The number of allylic oxidation sites excluding steroid dienone is 2. The Bertz CT molecular complexity index is 572. The van der Waals surface area contributed by atoms with Crippen molar-refractivity contribution in [3.05, 3.63) is 40.5 Å². The van der Waals surface area contributed by atoms with Crippen LogP contribution in [0.25, 0.3) is 11.6 Å². The molecule has 0 unspecified atom stereocenters. The Hall–Kier alpha value is -1.94. The first-order chi connectivity index (χ1) is 7.72. The number of hydrogen-bond donors (Lipinski definition) is 2. The van der Waals surface area contributed by atoms with Crippen molar-refractivity contribution in [3.8, 4) is 0 Å². The summed E-state index contributed by atoms with van der Waals surface area (Å²) in [5, 5.41) is 19.5. The van der Waals surface area contributed by atoms with E-state index in [4.69, 9.17) is 5.11 Å². The fourth-order valence-corrected chi connectivity index (χ4v) is 1.64. The molecule has 0 spiro atoms. The Morgan fingerprint density at radius 2 is 2.31 bits per heavy atom. The summed E-state index contributed by atoms with van der Waals surface area (Å²) in [7, 11) is 0. The first-order valence-electron chi connectivity index (χ1n) is 4.91. The summed E-state index contributed by atoms with van der Waals surface area (Å²) in [5.41, 5.74) is 0.958. The molecule has 82 valence electrons. The number of pyridine rings is 1. The number of carboxylic acids is 1. The SMILES string of the molecule is O=C(O)c1cnc2c(c1)=CC=CCC=2CO. The van der Waals surface area contributed by atoms with Crippen LogP contribution < -0.4 is 10.6 Å². The Morgan fingerprint density at radius 3 is 3.00 bits per heavy atom. The molecular weight excluding hydrogens is 206 g/mol. The van der Waals surface area contributed by atoms with E-state index in [-0.39, 0.29) is 12.2 Å². The summed E-state index contributed by atoms with van der Waals surface area (Å²) >= 11 is 0. The quantitative estimate of drug-likeness (QED) is 0.711. The van der Waals surface area contributed by atoms with E-state index in [1.165, 1.54) is 6.20 Å². The number of aromatic carboxylic acids is 1. The molecule has 0 bridgehead atoms. The van der Waals surface area contributed by atoms with E-state index in [0.717, 1.165) is 10.8 Å². The molecule has 16 heavy (non-hydrogen) atoms. The predicted molar refractivity (Wildman–Crippen MR) is 59.2 cm³/mol. The molecule has 2 rings (SSSR count). The van der Waals surface area contributed by atoms with Crippen LogP contribution in [0.3, 0.4) is 0 Å². The maximum atomic E-state index is 10.8. The van der Waals surface area contributed by atoms with Gasteiger partial charge < -0.3 is 10.2 Å². The van der Waals surface area contributed by atoms with Crippen molar-refractivity contribution in [3.63, 3.8) is 0 Å². The van der Waals surface area contributed by atoms with Crippen molar-refractivity contribution in [1.82, 2.24) is 4.98 Å². The lowest BCUT2D eigenvalue weighted by Crippen LogP contribution is -2.31. The van der Waals surface area contributed by atoms with Crippen LogP contribution in [0.1, 0.15) is 16.8 Å². The molecular formula is C12H11NO3. The van der Waals surface area contributed by atoms with E-state index in [1.54, 1.807) is 12.1 Å². The molecule has 1 aliphatic carbocycles. The fourth-order valence-electron chi connectivity index (χ4n) is 1.64. The van der Waals surface area contributed by atoms with Crippen LogP contribution in [-0.2, 0) is 0 Å². The molecule has 4 heteroatoms. The largest absolute Gasteiger partial charge is 0.478 e. The summed E-state index contributed by atoms with van der Waals surface area (Å²) in [5.74, 6) is -0.998. The van der Waals surface area contributed by atoms with Crippen molar-refractivity contribution >= 4 is 17.6 Å².